The maximum absolute atomic E-state index is 12.1. The van der Waals surface area contributed by atoms with E-state index in [9.17, 15) is 18.0 Å². The quantitative estimate of drug-likeness (QED) is 0.472. The number of esters is 1. The molecule has 0 aliphatic rings. The Hall–Kier alpha value is -3.23. The molecule has 30 heavy (non-hydrogen) atoms. The van der Waals surface area contributed by atoms with Gasteiger partial charge in [0.05, 0.1) is 22.2 Å². The predicted molar refractivity (Wildman–Crippen MR) is 106 cm³/mol. The molecule has 0 fully saturated rings. The summed E-state index contributed by atoms with van der Waals surface area (Å²) in [4.78, 5) is 23.9. The molecule has 2 N–H and O–H groups in total. The minimum Gasteiger partial charge on any atom is -0.452 e. The Morgan fingerprint density at radius 2 is 1.90 bits per heavy atom. The normalized spacial score (nSPS) is 11.5. The number of carbonyl (C=O) groups is 2. The largest absolute Gasteiger partial charge is 0.452 e. The number of amides is 1. The minimum atomic E-state index is -3.78. The Morgan fingerprint density at radius 3 is 2.47 bits per heavy atom. The highest BCUT2D eigenvalue weighted by atomic mass is 32.2. The summed E-state index contributed by atoms with van der Waals surface area (Å²) in [5.41, 5.74) is 0.490. The first-order valence-electron chi connectivity index (χ1n) is 8.94. The van der Waals surface area contributed by atoms with Gasteiger partial charge in [-0.05, 0) is 24.3 Å². The topological polar surface area (TPSA) is 151 Å². The van der Waals surface area contributed by atoms with E-state index in [2.05, 4.69) is 15.2 Å². The van der Waals surface area contributed by atoms with Crippen molar-refractivity contribution in [2.75, 3.05) is 18.5 Å². The first kappa shape index (κ1) is 23.1. The van der Waals surface area contributed by atoms with Crippen molar-refractivity contribution in [3.63, 3.8) is 0 Å². The van der Waals surface area contributed by atoms with E-state index in [1.807, 2.05) is 26.8 Å². The highest BCUT2D eigenvalue weighted by molar-refractivity contribution is 7.89. The van der Waals surface area contributed by atoms with E-state index in [0.717, 1.165) is 0 Å². The summed E-state index contributed by atoms with van der Waals surface area (Å²) in [7, 11) is -3.78. The number of carbonyl (C=O) groups excluding carboxylic acids is 2. The number of nitriles is 1. The molecule has 0 atom stereocenters. The van der Waals surface area contributed by atoms with Crippen molar-refractivity contribution in [3.8, 4) is 6.07 Å². The number of nitrogens with zero attached hydrogens (tertiary/aromatic N) is 2. The fourth-order valence-electron chi connectivity index (χ4n) is 2.17. The van der Waals surface area contributed by atoms with Gasteiger partial charge < -0.3 is 9.26 Å². The highest BCUT2D eigenvalue weighted by Gasteiger charge is 2.20. The molecule has 0 spiro atoms. The minimum absolute atomic E-state index is 0.0137. The van der Waals surface area contributed by atoms with Crippen LogP contribution in [0.15, 0.2) is 39.8 Å². The van der Waals surface area contributed by atoms with Crippen LogP contribution >= 0.6 is 0 Å². The molecule has 160 valence electrons. The molecule has 2 aromatic rings. The maximum atomic E-state index is 12.1. The van der Waals surface area contributed by atoms with Gasteiger partial charge in [-0.25, -0.2) is 17.9 Å². The van der Waals surface area contributed by atoms with E-state index >= 15 is 0 Å². The second-order valence-corrected chi connectivity index (χ2v) is 9.05. The van der Waals surface area contributed by atoms with Gasteiger partial charge in [0.1, 0.15) is 0 Å². The number of rotatable bonds is 8. The molecule has 0 saturated carbocycles. The van der Waals surface area contributed by atoms with E-state index in [1.54, 1.807) is 6.07 Å². The van der Waals surface area contributed by atoms with Crippen molar-refractivity contribution < 1.29 is 27.3 Å². The van der Waals surface area contributed by atoms with Crippen LogP contribution in [0.25, 0.3) is 0 Å². The van der Waals surface area contributed by atoms with E-state index in [-0.39, 0.29) is 34.7 Å². The fraction of sp³-hybridized carbons (Fsp3) is 0.368. The van der Waals surface area contributed by atoms with Crippen LogP contribution in [0.3, 0.4) is 0 Å². The van der Waals surface area contributed by atoms with Crippen molar-refractivity contribution in [3.05, 3.63) is 41.6 Å². The average Bonchev–Trinajstić information content (AvgIpc) is 3.15. The standard InChI is InChI=1S/C19H22N4O6S/c1-19(2,3)15-11-17(29-23-15)22-16(24)12-28-18(25)13-5-7-14(8-6-13)30(26,27)21-10-4-9-20/h5-8,11,21H,4,10,12H2,1-3H3,(H,22,24). The molecule has 10 nitrogen and oxygen atoms in total. The van der Waals surface area contributed by atoms with E-state index in [0.29, 0.717) is 5.69 Å². The second kappa shape index (κ2) is 9.51. The molecule has 0 aliphatic carbocycles. The third kappa shape index (κ3) is 6.40. The Kier molecular flexibility index (Phi) is 7.31. The van der Waals surface area contributed by atoms with Gasteiger partial charge in [-0.3, -0.25) is 10.1 Å². The van der Waals surface area contributed by atoms with Crippen molar-refractivity contribution >= 4 is 27.8 Å². The summed E-state index contributed by atoms with van der Waals surface area (Å²) < 4.78 is 36.3. The lowest BCUT2D eigenvalue weighted by atomic mass is 9.92. The van der Waals surface area contributed by atoms with Gasteiger partial charge in [0.25, 0.3) is 5.91 Å². The Balaban J connectivity index is 1.89. The third-order valence-electron chi connectivity index (χ3n) is 3.80. The summed E-state index contributed by atoms with van der Waals surface area (Å²) >= 11 is 0. The first-order valence-corrected chi connectivity index (χ1v) is 10.4. The zero-order chi connectivity index (χ0) is 22.4. The summed E-state index contributed by atoms with van der Waals surface area (Å²) in [6.07, 6.45) is 0.0390. The second-order valence-electron chi connectivity index (χ2n) is 7.28. The van der Waals surface area contributed by atoms with Crippen molar-refractivity contribution in [2.45, 2.75) is 37.5 Å². The molecule has 1 aromatic heterocycles. The van der Waals surface area contributed by atoms with Crippen molar-refractivity contribution in [1.82, 2.24) is 9.88 Å². The molecule has 11 heteroatoms. The van der Waals surface area contributed by atoms with Crippen LogP contribution in [0.2, 0.25) is 0 Å². The van der Waals surface area contributed by atoms with Gasteiger partial charge in [-0.2, -0.15) is 5.26 Å². The molecule has 0 aliphatic heterocycles. The molecule has 1 heterocycles. The monoisotopic (exact) mass is 434 g/mol. The van der Waals surface area contributed by atoms with Gasteiger partial charge in [0.15, 0.2) is 6.61 Å². The first-order chi connectivity index (χ1) is 14.0. The number of aromatic nitrogens is 1. The van der Waals surface area contributed by atoms with E-state index in [4.69, 9.17) is 14.5 Å². The van der Waals surface area contributed by atoms with Crippen molar-refractivity contribution in [1.29, 1.82) is 5.26 Å². The van der Waals surface area contributed by atoms with Crippen LogP contribution in [0.1, 0.15) is 43.2 Å². The van der Waals surface area contributed by atoms with Crippen LogP contribution < -0.4 is 10.0 Å². The SMILES string of the molecule is CC(C)(C)c1cc(NC(=O)COC(=O)c2ccc(S(=O)(=O)NCCC#N)cc2)on1. The Labute approximate surface area is 174 Å². The van der Waals surface area contributed by atoms with E-state index < -0.39 is 28.5 Å². The lowest BCUT2D eigenvalue weighted by Crippen LogP contribution is -2.24. The van der Waals surface area contributed by atoms with Crippen LogP contribution in [0.4, 0.5) is 5.88 Å². The van der Waals surface area contributed by atoms with Crippen molar-refractivity contribution in [2.24, 2.45) is 0 Å². The van der Waals surface area contributed by atoms with E-state index in [1.165, 1.54) is 24.3 Å². The molecule has 0 saturated heterocycles. The molecule has 2 rings (SSSR count). The number of hydrogen-bond donors (Lipinski definition) is 2. The predicted octanol–water partition coefficient (Wildman–Crippen LogP) is 1.96. The Morgan fingerprint density at radius 1 is 1.23 bits per heavy atom. The molecule has 1 aromatic carbocycles. The number of anilines is 1. The van der Waals surface area contributed by atoms with Gasteiger partial charge in [0, 0.05) is 24.4 Å². The fourth-order valence-corrected chi connectivity index (χ4v) is 3.20. The molecule has 0 radical (unpaired) electrons. The highest BCUT2D eigenvalue weighted by Crippen LogP contribution is 2.23. The molecule has 0 unspecified atom stereocenters. The smallest absolute Gasteiger partial charge is 0.338 e. The average molecular weight is 434 g/mol. The van der Waals surface area contributed by atoms with Gasteiger partial charge >= 0.3 is 5.97 Å². The van der Waals surface area contributed by atoms with Crippen LogP contribution in [0, 0.1) is 11.3 Å². The summed E-state index contributed by atoms with van der Waals surface area (Å²) in [5.74, 6) is -1.26. The molecule has 0 bridgehead atoms. The molecular weight excluding hydrogens is 412 g/mol. The van der Waals surface area contributed by atoms with Crippen LogP contribution in [0.5, 0.6) is 0 Å². The van der Waals surface area contributed by atoms with Crippen LogP contribution in [-0.4, -0.2) is 38.6 Å². The summed E-state index contributed by atoms with van der Waals surface area (Å²) in [6, 6.07) is 8.42. The lowest BCUT2D eigenvalue weighted by molar-refractivity contribution is -0.119. The number of hydrogen-bond acceptors (Lipinski definition) is 8. The van der Waals surface area contributed by atoms with Gasteiger partial charge in [0.2, 0.25) is 15.9 Å². The zero-order valence-corrected chi connectivity index (χ0v) is 17.6. The molecular formula is C19H22N4O6S. The van der Waals surface area contributed by atoms with Crippen LogP contribution in [-0.2, 0) is 25.0 Å². The maximum Gasteiger partial charge on any atom is 0.338 e. The Bertz CT molecular complexity index is 1050. The number of benzene rings is 1. The number of sulfonamides is 1. The number of nitrogens with one attached hydrogen (secondary N) is 2. The van der Waals surface area contributed by atoms with Gasteiger partial charge in [-0.1, -0.05) is 25.9 Å². The third-order valence-corrected chi connectivity index (χ3v) is 5.28. The summed E-state index contributed by atoms with van der Waals surface area (Å²) in [6.45, 7) is 5.26. The van der Waals surface area contributed by atoms with Gasteiger partial charge in [-0.15, -0.1) is 0 Å². The number of ether oxygens (including phenoxy) is 1. The lowest BCUT2D eigenvalue weighted by Gasteiger charge is -2.12. The molecule has 1 amide bonds. The summed E-state index contributed by atoms with van der Waals surface area (Å²) in [5, 5.41) is 14.8. The zero-order valence-electron chi connectivity index (χ0n) is 16.8.